The van der Waals surface area contributed by atoms with Gasteiger partial charge in [-0.2, -0.15) is 0 Å². The average Bonchev–Trinajstić information content (AvgIpc) is 3.17. The lowest BCUT2D eigenvalue weighted by atomic mass is 10.1. The highest BCUT2D eigenvalue weighted by Crippen LogP contribution is 2.29. The number of fused-ring (bicyclic) bond motifs is 1. The Morgan fingerprint density at radius 3 is 3.10 bits per heavy atom. The van der Waals surface area contributed by atoms with Gasteiger partial charge >= 0.3 is 0 Å². The number of rotatable bonds is 8. The van der Waals surface area contributed by atoms with Crippen molar-refractivity contribution >= 4 is 0 Å². The Kier molecular flexibility index (Phi) is 4.58. The molecule has 0 bridgehead atoms. The first-order valence-corrected chi connectivity index (χ1v) is 7.86. The molecule has 0 saturated heterocycles. The van der Waals surface area contributed by atoms with Crippen LogP contribution in [0.2, 0.25) is 0 Å². The van der Waals surface area contributed by atoms with Crippen LogP contribution in [-0.4, -0.2) is 32.4 Å². The van der Waals surface area contributed by atoms with Gasteiger partial charge in [-0.1, -0.05) is 17.7 Å². The SMILES string of the molecule is Cc1ccc2c(c1)CC(CNCCCOCC1CC1)O2. The molecular formula is C17H25NO2. The molecule has 110 valence electrons. The highest BCUT2D eigenvalue weighted by Gasteiger charge is 2.22. The van der Waals surface area contributed by atoms with Gasteiger partial charge in [-0.15, -0.1) is 0 Å². The van der Waals surface area contributed by atoms with E-state index in [-0.39, 0.29) is 0 Å². The van der Waals surface area contributed by atoms with Crippen LogP contribution in [-0.2, 0) is 11.2 Å². The maximum Gasteiger partial charge on any atom is 0.123 e. The van der Waals surface area contributed by atoms with Crippen LogP contribution in [0.25, 0.3) is 0 Å². The van der Waals surface area contributed by atoms with E-state index in [1.807, 2.05) is 0 Å². The summed E-state index contributed by atoms with van der Waals surface area (Å²) in [6, 6.07) is 6.45. The maximum atomic E-state index is 5.94. The molecule has 1 aromatic rings. The van der Waals surface area contributed by atoms with Crippen LogP contribution in [0.3, 0.4) is 0 Å². The summed E-state index contributed by atoms with van der Waals surface area (Å²) in [4.78, 5) is 0. The molecule has 0 radical (unpaired) electrons. The molecule has 1 unspecified atom stereocenters. The number of nitrogens with one attached hydrogen (secondary N) is 1. The van der Waals surface area contributed by atoms with Gasteiger partial charge in [0, 0.05) is 26.2 Å². The highest BCUT2D eigenvalue weighted by atomic mass is 16.5. The molecule has 3 heteroatoms. The van der Waals surface area contributed by atoms with Crippen LogP contribution >= 0.6 is 0 Å². The van der Waals surface area contributed by atoms with Crippen molar-refractivity contribution in [3.8, 4) is 5.75 Å². The van der Waals surface area contributed by atoms with Crippen molar-refractivity contribution in [1.82, 2.24) is 5.32 Å². The molecule has 0 spiro atoms. The molecule has 2 aliphatic rings. The standard InChI is InChI=1S/C17H25NO2/c1-13-3-6-17-15(9-13)10-16(20-17)11-18-7-2-8-19-12-14-4-5-14/h3,6,9,14,16,18H,2,4-5,7-8,10-12H2,1H3. The molecule has 0 aromatic heterocycles. The van der Waals surface area contributed by atoms with Crippen molar-refractivity contribution in [3.05, 3.63) is 29.3 Å². The lowest BCUT2D eigenvalue weighted by Gasteiger charge is -2.11. The number of hydrogen-bond acceptors (Lipinski definition) is 3. The van der Waals surface area contributed by atoms with E-state index in [4.69, 9.17) is 9.47 Å². The summed E-state index contributed by atoms with van der Waals surface area (Å²) in [6.07, 6.45) is 5.15. The van der Waals surface area contributed by atoms with E-state index >= 15 is 0 Å². The fourth-order valence-corrected chi connectivity index (χ4v) is 2.66. The van der Waals surface area contributed by atoms with Crippen molar-refractivity contribution in [2.24, 2.45) is 5.92 Å². The molecule has 20 heavy (non-hydrogen) atoms. The third-order valence-corrected chi connectivity index (χ3v) is 4.02. The molecule has 0 amide bonds. The molecule has 1 aromatic carbocycles. The predicted molar refractivity (Wildman–Crippen MR) is 80.3 cm³/mol. The van der Waals surface area contributed by atoms with E-state index in [9.17, 15) is 0 Å². The van der Waals surface area contributed by atoms with Gasteiger partial charge in [0.25, 0.3) is 0 Å². The van der Waals surface area contributed by atoms with Crippen LogP contribution in [0, 0.1) is 12.8 Å². The Labute approximate surface area is 121 Å². The second kappa shape index (κ2) is 6.59. The molecule has 1 saturated carbocycles. The normalized spacial score (nSPS) is 20.8. The minimum atomic E-state index is 0.291. The molecular weight excluding hydrogens is 250 g/mol. The van der Waals surface area contributed by atoms with Crippen LogP contribution in [0.4, 0.5) is 0 Å². The summed E-state index contributed by atoms with van der Waals surface area (Å²) < 4.78 is 11.6. The van der Waals surface area contributed by atoms with Crippen molar-refractivity contribution in [3.63, 3.8) is 0 Å². The lowest BCUT2D eigenvalue weighted by molar-refractivity contribution is 0.121. The highest BCUT2D eigenvalue weighted by molar-refractivity contribution is 5.40. The minimum absolute atomic E-state index is 0.291. The van der Waals surface area contributed by atoms with Gasteiger partial charge < -0.3 is 14.8 Å². The van der Waals surface area contributed by atoms with E-state index in [1.54, 1.807) is 0 Å². The monoisotopic (exact) mass is 275 g/mol. The zero-order valence-electron chi connectivity index (χ0n) is 12.4. The summed E-state index contributed by atoms with van der Waals surface area (Å²) >= 11 is 0. The van der Waals surface area contributed by atoms with Gasteiger partial charge in [0.1, 0.15) is 11.9 Å². The Balaban J connectivity index is 1.26. The fraction of sp³-hybridized carbons (Fsp3) is 0.647. The first-order valence-electron chi connectivity index (χ1n) is 7.86. The van der Waals surface area contributed by atoms with Crippen LogP contribution in [0.15, 0.2) is 18.2 Å². The van der Waals surface area contributed by atoms with Crippen molar-refractivity contribution in [2.45, 2.75) is 38.7 Å². The summed E-state index contributed by atoms with van der Waals surface area (Å²) in [6.45, 7) is 5.93. The smallest absolute Gasteiger partial charge is 0.123 e. The number of hydrogen-bond donors (Lipinski definition) is 1. The first kappa shape index (κ1) is 13.9. The molecule has 1 aliphatic carbocycles. The summed E-state index contributed by atoms with van der Waals surface area (Å²) in [7, 11) is 0. The summed E-state index contributed by atoms with van der Waals surface area (Å²) in [5.41, 5.74) is 2.67. The Morgan fingerprint density at radius 1 is 1.35 bits per heavy atom. The van der Waals surface area contributed by atoms with E-state index in [0.717, 1.165) is 50.8 Å². The zero-order valence-corrected chi connectivity index (χ0v) is 12.4. The van der Waals surface area contributed by atoms with Crippen LogP contribution in [0.1, 0.15) is 30.4 Å². The van der Waals surface area contributed by atoms with Crippen molar-refractivity contribution in [2.75, 3.05) is 26.3 Å². The van der Waals surface area contributed by atoms with Gasteiger partial charge in [0.2, 0.25) is 0 Å². The number of ether oxygens (including phenoxy) is 2. The van der Waals surface area contributed by atoms with Crippen molar-refractivity contribution in [1.29, 1.82) is 0 Å². The molecule has 1 N–H and O–H groups in total. The Morgan fingerprint density at radius 2 is 2.25 bits per heavy atom. The van der Waals surface area contributed by atoms with Gasteiger partial charge in [-0.25, -0.2) is 0 Å². The van der Waals surface area contributed by atoms with Crippen LogP contribution in [0.5, 0.6) is 5.75 Å². The predicted octanol–water partition coefficient (Wildman–Crippen LogP) is 2.70. The Hall–Kier alpha value is -1.06. The summed E-state index contributed by atoms with van der Waals surface area (Å²) in [5, 5.41) is 3.48. The lowest BCUT2D eigenvalue weighted by Crippen LogP contribution is -2.31. The maximum absolute atomic E-state index is 5.94. The second-order valence-corrected chi connectivity index (χ2v) is 6.13. The molecule has 3 nitrogen and oxygen atoms in total. The fourth-order valence-electron chi connectivity index (χ4n) is 2.66. The third kappa shape index (κ3) is 3.97. The van der Waals surface area contributed by atoms with E-state index < -0.39 is 0 Å². The Bertz CT molecular complexity index is 443. The van der Waals surface area contributed by atoms with Gasteiger partial charge in [0.15, 0.2) is 0 Å². The van der Waals surface area contributed by atoms with Crippen molar-refractivity contribution < 1.29 is 9.47 Å². The van der Waals surface area contributed by atoms with Gasteiger partial charge in [-0.3, -0.25) is 0 Å². The number of aryl methyl sites for hydroxylation is 1. The van der Waals surface area contributed by atoms with Gasteiger partial charge in [-0.05, 0) is 50.3 Å². The largest absolute Gasteiger partial charge is 0.488 e. The molecule has 1 fully saturated rings. The average molecular weight is 275 g/mol. The zero-order chi connectivity index (χ0) is 13.8. The topological polar surface area (TPSA) is 30.5 Å². The quantitative estimate of drug-likeness (QED) is 0.740. The first-order chi connectivity index (χ1) is 9.81. The molecule has 1 aliphatic heterocycles. The minimum Gasteiger partial charge on any atom is -0.488 e. The third-order valence-electron chi connectivity index (χ3n) is 4.02. The second-order valence-electron chi connectivity index (χ2n) is 6.13. The molecule has 3 rings (SSSR count). The van der Waals surface area contributed by atoms with E-state index in [1.165, 1.54) is 24.0 Å². The van der Waals surface area contributed by atoms with Gasteiger partial charge in [0.05, 0.1) is 0 Å². The van der Waals surface area contributed by atoms with Crippen LogP contribution < -0.4 is 10.1 Å². The molecule has 1 atom stereocenters. The van der Waals surface area contributed by atoms with E-state index in [0.29, 0.717) is 6.10 Å². The van der Waals surface area contributed by atoms with E-state index in [2.05, 4.69) is 30.4 Å². The number of benzene rings is 1. The molecule has 1 heterocycles. The summed E-state index contributed by atoms with van der Waals surface area (Å²) in [5.74, 6) is 1.94.